The summed E-state index contributed by atoms with van der Waals surface area (Å²) in [5.41, 5.74) is 1.47. The number of benzene rings is 2. The molecular weight excluding hydrogens is 392 g/mol. The van der Waals surface area contributed by atoms with Gasteiger partial charge in [-0.05, 0) is 42.3 Å². The second kappa shape index (κ2) is 11.1. The van der Waals surface area contributed by atoms with Crippen LogP contribution in [0.4, 0.5) is 5.69 Å². The Hall–Kier alpha value is -3.00. The lowest BCUT2D eigenvalue weighted by Crippen LogP contribution is -2.35. The predicted molar refractivity (Wildman–Crippen MR) is 112 cm³/mol. The first-order valence-electron chi connectivity index (χ1n) is 9.01. The Balaban J connectivity index is 1.84. The lowest BCUT2D eigenvalue weighted by atomic mass is 9.98. The van der Waals surface area contributed by atoms with E-state index in [-0.39, 0.29) is 30.5 Å². The number of rotatable bonds is 10. The number of hydrogen-bond acceptors (Lipinski definition) is 5. The minimum absolute atomic E-state index is 0.0360. The first kappa shape index (κ1) is 22.3. The van der Waals surface area contributed by atoms with Crippen LogP contribution in [-0.4, -0.2) is 42.3 Å². The van der Waals surface area contributed by atoms with Crippen LogP contribution in [0.15, 0.2) is 53.4 Å². The van der Waals surface area contributed by atoms with E-state index in [4.69, 9.17) is 4.74 Å². The van der Waals surface area contributed by atoms with Crippen molar-refractivity contribution in [3.8, 4) is 5.75 Å². The smallest absolute Gasteiger partial charge is 0.308 e. The zero-order chi connectivity index (χ0) is 21.2. The van der Waals surface area contributed by atoms with Crippen molar-refractivity contribution in [1.29, 1.82) is 0 Å². The topological polar surface area (TPSA) is 105 Å². The van der Waals surface area contributed by atoms with Crippen molar-refractivity contribution in [2.75, 3.05) is 24.7 Å². The lowest BCUT2D eigenvalue weighted by Gasteiger charge is -2.15. The Bertz CT molecular complexity index is 854. The molecule has 0 bridgehead atoms. The van der Waals surface area contributed by atoms with Crippen LogP contribution in [0.2, 0.25) is 0 Å². The van der Waals surface area contributed by atoms with E-state index >= 15 is 0 Å². The second-order valence-corrected chi connectivity index (χ2v) is 7.40. The van der Waals surface area contributed by atoms with E-state index in [0.717, 1.165) is 10.5 Å². The van der Waals surface area contributed by atoms with Crippen molar-refractivity contribution in [2.45, 2.75) is 18.2 Å². The molecule has 1 atom stereocenters. The van der Waals surface area contributed by atoms with Gasteiger partial charge in [0.15, 0.2) is 0 Å². The number of methoxy groups -OCH3 is 1. The van der Waals surface area contributed by atoms with Crippen LogP contribution >= 0.6 is 11.8 Å². The van der Waals surface area contributed by atoms with Gasteiger partial charge < -0.3 is 20.5 Å². The average molecular weight is 416 g/mol. The molecule has 0 aromatic heterocycles. The van der Waals surface area contributed by atoms with Crippen LogP contribution in [-0.2, 0) is 20.8 Å². The van der Waals surface area contributed by atoms with Gasteiger partial charge in [-0.2, -0.15) is 0 Å². The van der Waals surface area contributed by atoms with E-state index in [1.165, 1.54) is 25.8 Å². The minimum Gasteiger partial charge on any atom is -0.496 e. The third-order valence-electron chi connectivity index (χ3n) is 4.10. The van der Waals surface area contributed by atoms with Crippen LogP contribution in [0.3, 0.4) is 0 Å². The van der Waals surface area contributed by atoms with Gasteiger partial charge in [0.2, 0.25) is 11.8 Å². The molecule has 0 aliphatic heterocycles. The molecular formula is C21H24N2O5S. The molecule has 0 saturated carbocycles. The molecule has 2 aromatic rings. The number of aliphatic carboxylic acids is 1. The summed E-state index contributed by atoms with van der Waals surface area (Å²) in [6.45, 7) is 1.47. The summed E-state index contributed by atoms with van der Waals surface area (Å²) in [5, 5.41) is 14.8. The summed E-state index contributed by atoms with van der Waals surface area (Å²) in [4.78, 5) is 35.6. The van der Waals surface area contributed by atoms with Gasteiger partial charge in [-0.3, -0.25) is 14.4 Å². The molecule has 2 rings (SSSR count). The van der Waals surface area contributed by atoms with Crippen LogP contribution in [0.5, 0.6) is 5.75 Å². The van der Waals surface area contributed by atoms with Gasteiger partial charge in [0.1, 0.15) is 5.75 Å². The van der Waals surface area contributed by atoms with Crippen LogP contribution in [0.1, 0.15) is 12.5 Å². The number of carboxylic acids is 1. The molecule has 7 nitrogen and oxygen atoms in total. The van der Waals surface area contributed by atoms with Crippen LogP contribution in [0.25, 0.3) is 0 Å². The zero-order valence-electron chi connectivity index (χ0n) is 16.3. The molecule has 29 heavy (non-hydrogen) atoms. The van der Waals surface area contributed by atoms with Gasteiger partial charge in [-0.1, -0.05) is 18.2 Å². The van der Waals surface area contributed by atoms with Gasteiger partial charge in [0, 0.05) is 24.1 Å². The number of anilines is 1. The number of carbonyl (C=O) groups is 3. The summed E-state index contributed by atoms with van der Waals surface area (Å²) in [6.07, 6.45) is 0.261. The summed E-state index contributed by atoms with van der Waals surface area (Å²) in [7, 11) is 1.54. The van der Waals surface area contributed by atoms with Crippen molar-refractivity contribution < 1.29 is 24.2 Å². The van der Waals surface area contributed by atoms with Crippen molar-refractivity contribution in [3.05, 3.63) is 54.1 Å². The maximum Gasteiger partial charge on any atom is 0.308 e. The van der Waals surface area contributed by atoms with Crippen molar-refractivity contribution in [2.24, 2.45) is 5.92 Å². The molecule has 0 fully saturated rings. The minimum atomic E-state index is -0.975. The van der Waals surface area contributed by atoms with E-state index in [9.17, 15) is 19.5 Å². The molecule has 0 heterocycles. The fourth-order valence-corrected chi connectivity index (χ4v) is 3.39. The van der Waals surface area contributed by atoms with Gasteiger partial charge in [0.25, 0.3) is 0 Å². The fourth-order valence-electron chi connectivity index (χ4n) is 2.66. The Labute approximate surface area is 173 Å². The SMILES string of the molecule is COc1ccccc1C[C@@H](CNC(=O)CSc1ccc(NC(C)=O)cc1)C(=O)O. The van der Waals surface area contributed by atoms with E-state index in [2.05, 4.69) is 10.6 Å². The number of ether oxygens (including phenoxy) is 1. The van der Waals surface area contributed by atoms with Gasteiger partial charge >= 0.3 is 5.97 Å². The molecule has 2 amide bonds. The normalized spacial score (nSPS) is 11.4. The number of thioether (sulfide) groups is 1. The first-order chi connectivity index (χ1) is 13.9. The monoisotopic (exact) mass is 416 g/mol. The number of carbonyl (C=O) groups excluding carboxylic acids is 2. The van der Waals surface area contributed by atoms with Crippen molar-refractivity contribution >= 4 is 35.2 Å². The summed E-state index contributed by atoms with van der Waals surface area (Å²) >= 11 is 1.33. The quantitative estimate of drug-likeness (QED) is 0.515. The summed E-state index contributed by atoms with van der Waals surface area (Å²) in [6, 6.07) is 14.4. The molecule has 8 heteroatoms. The maximum absolute atomic E-state index is 12.1. The molecule has 0 saturated heterocycles. The number of para-hydroxylation sites is 1. The molecule has 0 aliphatic carbocycles. The van der Waals surface area contributed by atoms with Gasteiger partial charge in [-0.25, -0.2) is 0 Å². The van der Waals surface area contributed by atoms with E-state index in [0.29, 0.717) is 11.4 Å². The Morgan fingerprint density at radius 3 is 2.41 bits per heavy atom. The lowest BCUT2D eigenvalue weighted by molar-refractivity contribution is -0.141. The number of carboxylic acid groups (broad SMARTS) is 1. The molecule has 0 aliphatic rings. The van der Waals surface area contributed by atoms with E-state index in [1.807, 2.05) is 30.3 Å². The average Bonchev–Trinajstić information content (AvgIpc) is 2.70. The fraction of sp³-hybridized carbons (Fsp3) is 0.286. The third-order valence-corrected chi connectivity index (χ3v) is 5.11. The second-order valence-electron chi connectivity index (χ2n) is 6.35. The van der Waals surface area contributed by atoms with Gasteiger partial charge in [-0.15, -0.1) is 11.8 Å². The highest BCUT2D eigenvalue weighted by molar-refractivity contribution is 8.00. The largest absolute Gasteiger partial charge is 0.496 e. The highest BCUT2D eigenvalue weighted by Gasteiger charge is 2.20. The van der Waals surface area contributed by atoms with E-state index < -0.39 is 11.9 Å². The van der Waals surface area contributed by atoms with Crippen molar-refractivity contribution in [3.63, 3.8) is 0 Å². The summed E-state index contributed by atoms with van der Waals surface area (Å²) < 4.78 is 5.26. The van der Waals surface area contributed by atoms with E-state index in [1.54, 1.807) is 18.2 Å². The maximum atomic E-state index is 12.1. The van der Waals surface area contributed by atoms with Crippen molar-refractivity contribution in [1.82, 2.24) is 5.32 Å². The molecule has 0 spiro atoms. The molecule has 0 radical (unpaired) electrons. The Morgan fingerprint density at radius 2 is 1.79 bits per heavy atom. The molecule has 154 valence electrons. The standard InChI is InChI=1S/C21H24N2O5S/c1-14(24)23-17-7-9-18(10-8-17)29-13-20(25)22-12-16(21(26)27)11-15-5-3-4-6-19(15)28-2/h3-10,16H,11-13H2,1-2H3,(H,22,25)(H,23,24)(H,26,27)/t16-/m0/s1. The van der Waals surface area contributed by atoms with Crippen LogP contribution in [0, 0.1) is 5.92 Å². The number of amides is 2. The first-order valence-corrected chi connectivity index (χ1v) is 9.99. The molecule has 0 unspecified atom stereocenters. The zero-order valence-corrected chi connectivity index (χ0v) is 17.1. The number of nitrogens with one attached hydrogen (secondary N) is 2. The van der Waals surface area contributed by atoms with Gasteiger partial charge in [0.05, 0.1) is 18.8 Å². The summed E-state index contributed by atoms with van der Waals surface area (Å²) in [5.74, 6) is -1.32. The molecule has 3 N–H and O–H groups in total. The Kier molecular flexibility index (Phi) is 8.54. The third kappa shape index (κ3) is 7.50. The van der Waals surface area contributed by atoms with Crippen LogP contribution < -0.4 is 15.4 Å². The highest BCUT2D eigenvalue weighted by atomic mass is 32.2. The Morgan fingerprint density at radius 1 is 1.10 bits per heavy atom. The predicted octanol–water partition coefficient (Wildman–Crippen LogP) is 2.81. The highest BCUT2D eigenvalue weighted by Crippen LogP contribution is 2.22. The number of hydrogen-bond donors (Lipinski definition) is 3. The molecule has 2 aromatic carbocycles.